The highest BCUT2D eigenvalue weighted by molar-refractivity contribution is 6.02. The van der Waals surface area contributed by atoms with Crippen LogP contribution in [-0.4, -0.2) is 39.2 Å². The summed E-state index contributed by atoms with van der Waals surface area (Å²) in [6.45, 7) is 3.40. The van der Waals surface area contributed by atoms with Crippen LogP contribution in [0.1, 0.15) is 29.8 Å². The molecule has 10 heteroatoms. The molecule has 2 amide bonds. The van der Waals surface area contributed by atoms with Gasteiger partial charge in [-0.1, -0.05) is 19.9 Å². The maximum atomic E-state index is 12.9. The Morgan fingerprint density at radius 2 is 1.53 bits per heavy atom. The number of nitrogens with one attached hydrogen (secondary N) is 2. The van der Waals surface area contributed by atoms with Crippen LogP contribution in [-0.2, 0) is 11.0 Å². The summed E-state index contributed by atoms with van der Waals surface area (Å²) >= 11 is 0. The van der Waals surface area contributed by atoms with E-state index in [-0.39, 0.29) is 28.7 Å². The van der Waals surface area contributed by atoms with Gasteiger partial charge in [0.15, 0.2) is 11.5 Å². The SMILES string of the molecule is COc1cc(C(=O)NC(C(=O)Nc2cccc(C(F)(F)F)c2)C(C)C)cc(OC)c1OC. The van der Waals surface area contributed by atoms with Gasteiger partial charge in [0.05, 0.1) is 26.9 Å². The molecular weight excluding hydrogens is 429 g/mol. The monoisotopic (exact) mass is 454 g/mol. The Hall–Kier alpha value is -3.43. The van der Waals surface area contributed by atoms with Crippen molar-refractivity contribution in [2.24, 2.45) is 5.92 Å². The second kappa shape index (κ2) is 10.3. The van der Waals surface area contributed by atoms with Gasteiger partial charge in [0.25, 0.3) is 5.91 Å². The van der Waals surface area contributed by atoms with Crippen molar-refractivity contribution in [3.8, 4) is 17.2 Å². The fourth-order valence-electron chi connectivity index (χ4n) is 2.96. The van der Waals surface area contributed by atoms with Crippen LogP contribution in [0.5, 0.6) is 17.2 Å². The Labute approximate surface area is 183 Å². The minimum atomic E-state index is -4.54. The highest BCUT2D eigenvalue weighted by Crippen LogP contribution is 2.38. The van der Waals surface area contributed by atoms with Crippen molar-refractivity contribution in [1.29, 1.82) is 0 Å². The first-order chi connectivity index (χ1) is 15.0. The average molecular weight is 454 g/mol. The van der Waals surface area contributed by atoms with Crippen LogP contribution in [0.25, 0.3) is 0 Å². The van der Waals surface area contributed by atoms with Crippen molar-refractivity contribution in [3.05, 3.63) is 47.5 Å². The van der Waals surface area contributed by atoms with Crippen LogP contribution in [0.2, 0.25) is 0 Å². The number of hydrogen-bond acceptors (Lipinski definition) is 5. The normalized spacial score (nSPS) is 12.2. The van der Waals surface area contributed by atoms with Crippen LogP contribution in [0.4, 0.5) is 18.9 Å². The van der Waals surface area contributed by atoms with Crippen LogP contribution >= 0.6 is 0 Å². The van der Waals surface area contributed by atoms with E-state index in [1.54, 1.807) is 13.8 Å². The summed E-state index contributed by atoms with van der Waals surface area (Å²) in [5.74, 6) is -0.790. The molecule has 0 bridgehead atoms. The van der Waals surface area contributed by atoms with E-state index in [2.05, 4.69) is 10.6 Å². The number of halogens is 3. The Balaban J connectivity index is 2.25. The second-order valence-corrected chi connectivity index (χ2v) is 7.18. The van der Waals surface area contributed by atoms with Gasteiger partial charge in [0.2, 0.25) is 11.7 Å². The zero-order valence-electron chi connectivity index (χ0n) is 18.3. The lowest BCUT2D eigenvalue weighted by atomic mass is 10.0. The van der Waals surface area contributed by atoms with E-state index < -0.39 is 29.6 Å². The molecule has 0 saturated heterocycles. The standard InChI is InChI=1S/C22H25F3N2O5/c1-12(2)18(21(29)26-15-8-6-7-14(11-15)22(23,24)25)27-20(28)13-9-16(30-3)19(32-5)17(10-13)31-4/h6-12,18H,1-5H3,(H,26,29)(H,27,28). The first kappa shape index (κ1) is 24.8. The number of benzene rings is 2. The Morgan fingerprint density at radius 1 is 0.938 bits per heavy atom. The molecule has 0 aliphatic rings. The van der Waals surface area contributed by atoms with E-state index >= 15 is 0 Å². The van der Waals surface area contributed by atoms with Crippen LogP contribution in [0.3, 0.4) is 0 Å². The van der Waals surface area contributed by atoms with Crippen molar-refractivity contribution in [1.82, 2.24) is 5.32 Å². The quantitative estimate of drug-likeness (QED) is 0.627. The summed E-state index contributed by atoms with van der Waals surface area (Å²) in [6, 6.07) is 6.11. The number of alkyl halides is 3. The van der Waals surface area contributed by atoms with Gasteiger partial charge in [0, 0.05) is 11.3 Å². The minimum absolute atomic E-state index is 0.0301. The molecule has 0 fully saturated rings. The Kier molecular flexibility index (Phi) is 7.96. The van der Waals surface area contributed by atoms with Gasteiger partial charge in [-0.15, -0.1) is 0 Å². The van der Waals surface area contributed by atoms with Gasteiger partial charge < -0.3 is 24.8 Å². The van der Waals surface area contributed by atoms with Gasteiger partial charge in [-0.25, -0.2) is 0 Å². The fraction of sp³-hybridized carbons (Fsp3) is 0.364. The highest BCUT2D eigenvalue weighted by atomic mass is 19.4. The number of methoxy groups -OCH3 is 3. The number of carbonyl (C=O) groups excluding carboxylic acids is 2. The lowest BCUT2D eigenvalue weighted by Crippen LogP contribution is -2.47. The molecule has 7 nitrogen and oxygen atoms in total. The molecule has 2 aromatic carbocycles. The van der Waals surface area contributed by atoms with E-state index in [4.69, 9.17) is 14.2 Å². The van der Waals surface area contributed by atoms with Gasteiger partial charge in [0.1, 0.15) is 6.04 Å². The Bertz CT molecular complexity index is 951. The zero-order valence-corrected chi connectivity index (χ0v) is 18.3. The van der Waals surface area contributed by atoms with E-state index in [9.17, 15) is 22.8 Å². The fourth-order valence-corrected chi connectivity index (χ4v) is 2.96. The molecule has 2 rings (SSSR count). The van der Waals surface area contributed by atoms with E-state index in [1.807, 2.05) is 0 Å². The predicted octanol–water partition coefficient (Wildman–Crippen LogP) is 4.12. The summed E-state index contributed by atoms with van der Waals surface area (Å²) in [6.07, 6.45) is -4.54. The smallest absolute Gasteiger partial charge is 0.416 e. The minimum Gasteiger partial charge on any atom is -0.493 e. The van der Waals surface area contributed by atoms with Gasteiger partial charge in [-0.3, -0.25) is 9.59 Å². The molecule has 0 aliphatic carbocycles. The molecule has 0 aromatic heterocycles. The van der Waals surface area contributed by atoms with E-state index in [0.29, 0.717) is 5.75 Å². The van der Waals surface area contributed by atoms with Crippen LogP contribution in [0, 0.1) is 5.92 Å². The van der Waals surface area contributed by atoms with Gasteiger partial charge >= 0.3 is 6.18 Å². The van der Waals surface area contributed by atoms with Gasteiger partial charge in [-0.05, 0) is 36.2 Å². The first-order valence-electron chi connectivity index (χ1n) is 9.60. The average Bonchev–Trinajstić information content (AvgIpc) is 2.75. The number of amides is 2. The van der Waals surface area contributed by atoms with Crippen molar-refractivity contribution < 1.29 is 37.0 Å². The lowest BCUT2D eigenvalue weighted by Gasteiger charge is -2.22. The van der Waals surface area contributed by atoms with Crippen LogP contribution < -0.4 is 24.8 Å². The largest absolute Gasteiger partial charge is 0.493 e. The molecule has 32 heavy (non-hydrogen) atoms. The lowest BCUT2D eigenvalue weighted by molar-refractivity contribution is -0.137. The molecule has 1 unspecified atom stereocenters. The molecule has 0 heterocycles. The van der Waals surface area contributed by atoms with E-state index in [0.717, 1.165) is 12.1 Å². The predicted molar refractivity (Wildman–Crippen MR) is 112 cm³/mol. The summed E-state index contributed by atoms with van der Waals surface area (Å²) in [7, 11) is 4.23. The molecular formula is C22H25F3N2O5. The molecule has 0 spiro atoms. The van der Waals surface area contributed by atoms with Crippen molar-refractivity contribution in [2.45, 2.75) is 26.1 Å². The molecule has 174 valence electrons. The summed E-state index contributed by atoms with van der Waals surface area (Å²) in [5.41, 5.74) is -0.771. The third-order valence-electron chi connectivity index (χ3n) is 4.62. The molecule has 0 aliphatic heterocycles. The molecule has 2 aromatic rings. The molecule has 2 N–H and O–H groups in total. The number of ether oxygens (including phenoxy) is 3. The first-order valence-corrected chi connectivity index (χ1v) is 9.60. The molecule has 0 saturated carbocycles. The highest BCUT2D eigenvalue weighted by Gasteiger charge is 2.31. The van der Waals surface area contributed by atoms with Crippen molar-refractivity contribution in [2.75, 3.05) is 26.6 Å². The van der Waals surface area contributed by atoms with Crippen molar-refractivity contribution >= 4 is 17.5 Å². The maximum absolute atomic E-state index is 12.9. The third-order valence-corrected chi connectivity index (χ3v) is 4.62. The summed E-state index contributed by atoms with van der Waals surface area (Å²) < 4.78 is 54.5. The summed E-state index contributed by atoms with van der Waals surface area (Å²) in [4.78, 5) is 25.6. The molecule has 0 radical (unpaired) electrons. The number of anilines is 1. The van der Waals surface area contributed by atoms with Crippen LogP contribution in [0.15, 0.2) is 36.4 Å². The third kappa shape index (κ3) is 5.83. The van der Waals surface area contributed by atoms with E-state index in [1.165, 1.54) is 45.6 Å². The number of hydrogen-bond donors (Lipinski definition) is 2. The van der Waals surface area contributed by atoms with Gasteiger partial charge in [-0.2, -0.15) is 13.2 Å². The number of rotatable bonds is 8. The number of carbonyl (C=O) groups is 2. The Morgan fingerprint density at radius 3 is 2.00 bits per heavy atom. The zero-order chi connectivity index (χ0) is 24.1. The maximum Gasteiger partial charge on any atom is 0.416 e. The second-order valence-electron chi connectivity index (χ2n) is 7.18. The summed E-state index contributed by atoms with van der Waals surface area (Å²) in [5, 5.41) is 5.05. The van der Waals surface area contributed by atoms with Crippen molar-refractivity contribution in [3.63, 3.8) is 0 Å². The topological polar surface area (TPSA) is 85.9 Å². The molecule has 1 atom stereocenters.